The minimum atomic E-state index is -0.294. The third kappa shape index (κ3) is 7.84. The van der Waals surface area contributed by atoms with Crippen LogP contribution in [0.15, 0.2) is 35.5 Å². The van der Waals surface area contributed by atoms with Crippen molar-refractivity contribution in [2.24, 2.45) is 4.99 Å². The van der Waals surface area contributed by atoms with Crippen molar-refractivity contribution < 1.29 is 9.53 Å². The van der Waals surface area contributed by atoms with Gasteiger partial charge in [-0.1, -0.05) is 19.1 Å². The van der Waals surface area contributed by atoms with E-state index in [-0.39, 0.29) is 29.9 Å². The number of aromatic nitrogens is 1. The second-order valence-corrected chi connectivity index (χ2v) is 6.79. The number of carbonyl (C=O) groups excluding carboxylic acids is 1. The molecule has 0 atom stereocenters. The standard InChI is InChI=1S/C19H26N4O2S.HI/c1-4-16-13-22-17(26-16)10-11-21-19(20-3)23-12-14-6-8-15(9-7-14)18(24)25-5-2;/h6-9,13H,4-5,10-12H2,1-3H3,(H2,20,21,23);1H. The van der Waals surface area contributed by atoms with Gasteiger partial charge < -0.3 is 15.4 Å². The van der Waals surface area contributed by atoms with Crippen LogP contribution < -0.4 is 10.6 Å². The largest absolute Gasteiger partial charge is 0.462 e. The normalized spacial score (nSPS) is 10.9. The first kappa shape index (κ1) is 23.4. The summed E-state index contributed by atoms with van der Waals surface area (Å²) in [6, 6.07) is 7.38. The van der Waals surface area contributed by atoms with Crippen molar-refractivity contribution in [1.82, 2.24) is 15.6 Å². The highest BCUT2D eigenvalue weighted by Gasteiger charge is 2.06. The molecule has 27 heavy (non-hydrogen) atoms. The van der Waals surface area contributed by atoms with Crippen LogP contribution in [0.4, 0.5) is 0 Å². The molecule has 0 spiro atoms. The van der Waals surface area contributed by atoms with Crippen LogP contribution in [0.5, 0.6) is 0 Å². The molecule has 0 fully saturated rings. The van der Waals surface area contributed by atoms with Crippen molar-refractivity contribution in [3.05, 3.63) is 51.5 Å². The van der Waals surface area contributed by atoms with E-state index in [2.05, 4.69) is 27.5 Å². The molecule has 0 saturated heterocycles. The van der Waals surface area contributed by atoms with Gasteiger partial charge in [0.2, 0.25) is 0 Å². The first-order chi connectivity index (χ1) is 12.7. The average molecular weight is 502 g/mol. The Balaban J connectivity index is 0.00000364. The van der Waals surface area contributed by atoms with E-state index in [4.69, 9.17) is 4.74 Å². The zero-order valence-electron chi connectivity index (χ0n) is 15.9. The zero-order chi connectivity index (χ0) is 18.8. The number of nitrogens with one attached hydrogen (secondary N) is 2. The van der Waals surface area contributed by atoms with E-state index in [9.17, 15) is 4.79 Å². The Morgan fingerprint density at radius 3 is 2.56 bits per heavy atom. The Morgan fingerprint density at radius 1 is 1.22 bits per heavy atom. The van der Waals surface area contributed by atoms with Crippen LogP contribution in [0.1, 0.15) is 39.7 Å². The summed E-state index contributed by atoms with van der Waals surface area (Å²) in [5.41, 5.74) is 1.63. The van der Waals surface area contributed by atoms with Gasteiger partial charge in [0.05, 0.1) is 17.2 Å². The van der Waals surface area contributed by atoms with Gasteiger partial charge in [-0.2, -0.15) is 0 Å². The highest BCUT2D eigenvalue weighted by Crippen LogP contribution is 2.13. The highest BCUT2D eigenvalue weighted by atomic mass is 127. The highest BCUT2D eigenvalue weighted by molar-refractivity contribution is 14.0. The number of carbonyl (C=O) groups is 1. The van der Waals surface area contributed by atoms with Gasteiger partial charge in [0.1, 0.15) is 0 Å². The molecule has 2 aromatic rings. The lowest BCUT2D eigenvalue weighted by Crippen LogP contribution is -2.37. The van der Waals surface area contributed by atoms with Crippen molar-refractivity contribution in [2.45, 2.75) is 33.2 Å². The molecule has 0 bridgehead atoms. The van der Waals surface area contributed by atoms with Crippen molar-refractivity contribution in [2.75, 3.05) is 20.2 Å². The van der Waals surface area contributed by atoms with Crippen LogP contribution >= 0.6 is 35.3 Å². The number of guanidine groups is 1. The number of aliphatic imine (C=N–C) groups is 1. The molecule has 0 aliphatic heterocycles. The third-order valence-corrected chi connectivity index (χ3v) is 4.93. The van der Waals surface area contributed by atoms with E-state index in [0.717, 1.165) is 35.9 Å². The maximum Gasteiger partial charge on any atom is 0.338 e. The minimum absolute atomic E-state index is 0. The number of nitrogens with zero attached hydrogens (tertiary/aromatic N) is 2. The van der Waals surface area contributed by atoms with Crippen LogP contribution in [-0.2, 0) is 24.1 Å². The molecule has 0 unspecified atom stereocenters. The monoisotopic (exact) mass is 502 g/mol. The lowest BCUT2D eigenvalue weighted by Gasteiger charge is -2.11. The van der Waals surface area contributed by atoms with Crippen molar-refractivity contribution in [3.8, 4) is 0 Å². The summed E-state index contributed by atoms with van der Waals surface area (Å²) < 4.78 is 4.98. The Morgan fingerprint density at radius 2 is 1.96 bits per heavy atom. The molecule has 0 aliphatic carbocycles. The van der Waals surface area contributed by atoms with Crippen molar-refractivity contribution >= 4 is 47.2 Å². The van der Waals surface area contributed by atoms with Gasteiger partial charge in [-0.25, -0.2) is 9.78 Å². The van der Waals surface area contributed by atoms with E-state index in [1.807, 2.05) is 18.3 Å². The molecule has 0 aliphatic rings. The number of aryl methyl sites for hydroxylation is 1. The number of hydrogen-bond acceptors (Lipinski definition) is 5. The zero-order valence-corrected chi connectivity index (χ0v) is 19.1. The third-order valence-electron chi connectivity index (χ3n) is 3.73. The average Bonchev–Trinajstić information content (AvgIpc) is 3.13. The van der Waals surface area contributed by atoms with Crippen molar-refractivity contribution in [3.63, 3.8) is 0 Å². The Kier molecular flexibility index (Phi) is 11.0. The van der Waals surface area contributed by atoms with E-state index in [0.29, 0.717) is 18.7 Å². The van der Waals surface area contributed by atoms with E-state index in [1.165, 1.54) is 4.88 Å². The molecule has 2 rings (SSSR count). The number of esters is 1. The van der Waals surface area contributed by atoms with Crippen LogP contribution in [-0.4, -0.2) is 37.1 Å². The van der Waals surface area contributed by atoms with Gasteiger partial charge in [-0.15, -0.1) is 35.3 Å². The summed E-state index contributed by atoms with van der Waals surface area (Å²) in [7, 11) is 1.75. The summed E-state index contributed by atoms with van der Waals surface area (Å²) in [4.78, 5) is 21.6. The fourth-order valence-electron chi connectivity index (χ4n) is 2.29. The second-order valence-electron chi connectivity index (χ2n) is 5.59. The predicted octanol–water partition coefficient (Wildman–Crippen LogP) is 3.41. The van der Waals surface area contributed by atoms with Gasteiger partial charge >= 0.3 is 5.97 Å². The molecule has 1 aromatic carbocycles. The van der Waals surface area contributed by atoms with E-state index >= 15 is 0 Å². The fourth-order valence-corrected chi connectivity index (χ4v) is 3.16. The first-order valence-corrected chi connectivity index (χ1v) is 9.62. The molecule has 148 valence electrons. The number of benzene rings is 1. The Hall–Kier alpha value is -1.68. The summed E-state index contributed by atoms with van der Waals surface area (Å²) in [5.74, 6) is 0.449. The maximum absolute atomic E-state index is 11.7. The number of thiazole rings is 1. The summed E-state index contributed by atoms with van der Waals surface area (Å²) in [6.07, 6.45) is 3.86. The molecule has 2 N–H and O–H groups in total. The summed E-state index contributed by atoms with van der Waals surface area (Å²) in [5, 5.41) is 7.70. The fraction of sp³-hybridized carbons (Fsp3) is 0.421. The van der Waals surface area contributed by atoms with Crippen LogP contribution in [0, 0.1) is 0 Å². The second kappa shape index (κ2) is 12.7. The lowest BCUT2D eigenvalue weighted by molar-refractivity contribution is 0.0526. The Bertz CT molecular complexity index is 732. The predicted molar refractivity (Wildman–Crippen MR) is 121 cm³/mol. The minimum Gasteiger partial charge on any atom is -0.462 e. The smallest absolute Gasteiger partial charge is 0.338 e. The van der Waals surface area contributed by atoms with Crippen molar-refractivity contribution in [1.29, 1.82) is 0 Å². The topological polar surface area (TPSA) is 75.6 Å². The summed E-state index contributed by atoms with van der Waals surface area (Å²) >= 11 is 1.76. The number of hydrogen-bond donors (Lipinski definition) is 2. The Labute approximate surface area is 181 Å². The molecule has 0 amide bonds. The maximum atomic E-state index is 11.7. The van der Waals surface area contributed by atoms with Gasteiger partial charge in [-0.05, 0) is 31.0 Å². The quantitative estimate of drug-likeness (QED) is 0.251. The molecule has 8 heteroatoms. The van der Waals surface area contributed by atoms with Crippen LogP contribution in [0.2, 0.25) is 0 Å². The molecule has 0 radical (unpaired) electrons. The molecular formula is C19H27IN4O2S. The SMILES string of the molecule is CCOC(=O)c1ccc(CNC(=NC)NCCc2ncc(CC)s2)cc1.I. The number of ether oxygens (including phenoxy) is 1. The van der Waals surface area contributed by atoms with E-state index < -0.39 is 0 Å². The molecule has 1 aromatic heterocycles. The van der Waals surface area contributed by atoms with E-state index in [1.54, 1.807) is 37.4 Å². The van der Waals surface area contributed by atoms with Gasteiger partial charge in [-0.3, -0.25) is 4.99 Å². The van der Waals surface area contributed by atoms with Gasteiger partial charge in [0, 0.05) is 37.6 Å². The number of halogens is 1. The number of rotatable bonds is 8. The molecule has 1 heterocycles. The van der Waals surface area contributed by atoms with Crippen LogP contribution in [0.25, 0.3) is 0 Å². The van der Waals surface area contributed by atoms with Gasteiger partial charge in [0.15, 0.2) is 5.96 Å². The molecule has 0 saturated carbocycles. The van der Waals surface area contributed by atoms with Gasteiger partial charge in [0.25, 0.3) is 0 Å². The lowest BCUT2D eigenvalue weighted by atomic mass is 10.1. The molecule has 6 nitrogen and oxygen atoms in total. The van der Waals surface area contributed by atoms with Crippen LogP contribution in [0.3, 0.4) is 0 Å². The first-order valence-electron chi connectivity index (χ1n) is 8.80. The molecular weight excluding hydrogens is 475 g/mol. The summed E-state index contributed by atoms with van der Waals surface area (Å²) in [6.45, 7) is 5.72.